The number of nitriles is 1. The summed E-state index contributed by atoms with van der Waals surface area (Å²) >= 11 is 0. The molecule has 0 saturated heterocycles. The molecule has 2 aromatic rings. The van der Waals surface area contributed by atoms with Crippen LogP contribution in [0.2, 0.25) is 0 Å². The third kappa shape index (κ3) is 5.35. The largest absolute Gasteiger partial charge is 0.467 e. The number of aryl methyl sites for hydroxylation is 1. The zero-order valence-corrected chi connectivity index (χ0v) is 15.7. The molecule has 0 aliphatic heterocycles. The van der Waals surface area contributed by atoms with E-state index in [9.17, 15) is 14.9 Å². The van der Waals surface area contributed by atoms with E-state index < -0.39 is 18.5 Å². The minimum Gasteiger partial charge on any atom is -0.467 e. The Morgan fingerprint density at radius 3 is 2.81 bits per heavy atom. The van der Waals surface area contributed by atoms with Crippen molar-refractivity contribution in [3.05, 3.63) is 52.7 Å². The number of ether oxygens (including phenoxy) is 1. The monoisotopic (exact) mass is 369 g/mol. The van der Waals surface area contributed by atoms with Crippen molar-refractivity contribution in [1.29, 1.82) is 5.26 Å². The SMILES string of the molecule is CCCn1c(C)cc(/C=C(\C#N)C(=O)OCC(=O)NCc2ccco2)c1C. The number of esters is 1. The number of carbonyl (C=O) groups is 2. The lowest BCUT2D eigenvalue weighted by Gasteiger charge is -2.07. The van der Waals surface area contributed by atoms with Gasteiger partial charge in [0.25, 0.3) is 5.91 Å². The number of nitrogens with zero attached hydrogens (tertiary/aromatic N) is 2. The molecular weight excluding hydrogens is 346 g/mol. The van der Waals surface area contributed by atoms with Crippen molar-refractivity contribution in [2.45, 2.75) is 40.3 Å². The Kier molecular flexibility index (Phi) is 7.00. The molecule has 7 heteroatoms. The van der Waals surface area contributed by atoms with E-state index in [0.29, 0.717) is 5.76 Å². The molecule has 2 rings (SSSR count). The topological polar surface area (TPSA) is 97.3 Å². The summed E-state index contributed by atoms with van der Waals surface area (Å²) in [5, 5.41) is 11.8. The van der Waals surface area contributed by atoms with Crippen molar-refractivity contribution in [3.8, 4) is 6.07 Å². The lowest BCUT2D eigenvalue weighted by molar-refractivity contribution is -0.144. The lowest BCUT2D eigenvalue weighted by atomic mass is 10.1. The van der Waals surface area contributed by atoms with Crippen LogP contribution in [-0.2, 0) is 27.4 Å². The summed E-state index contributed by atoms with van der Waals surface area (Å²) in [6.07, 6.45) is 3.99. The van der Waals surface area contributed by atoms with Crippen LogP contribution in [0.3, 0.4) is 0 Å². The van der Waals surface area contributed by atoms with Gasteiger partial charge >= 0.3 is 5.97 Å². The molecule has 0 aromatic carbocycles. The van der Waals surface area contributed by atoms with Gasteiger partial charge in [0.2, 0.25) is 0 Å². The van der Waals surface area contributed by atoms with Gasteiger partial charge in [-0.05, 0) is 50.1 Å². The Labute approximate surface area is 158 Å². The number of furan rings is 1. The van der Waals surface area contributed by atoms with Gasteiger partial charge in [-0.2, -0.15) is 5.26 Å². The molecule has 142 valence electrons. The van der Waals surface area contributed by atoms with Crippen LogP contribution in [0, 0.1) is 25.2 Å². The second-order valence-corrected chi connectivity index (χ2v) is 6.08. The second-order valence-electron chi connectivity index (χ2n) is 6.08. The smallest absolute Gasteiger partial charge is 0.349 e. The molecule has 0 unspecified atom stereocenters. The average Bonchev–Trinajstić information content (AvgIpc) is 3.26. The fraction of sp³-hybridized carbons (Fsp3) is 0.350. The number of carbonyl (C=O) groups excluding carboxylic acids is 2. The molecule has 0 aliphatic carbocycles. The van der Waals surface area contributed by atoms with Crippen LogP contribution in [0.4, 0.5) is 0 Å². The molecule has 0 aliphatic rings. The van der Waals surface area contributed by atoms with E-state index in [0.717, 1.165) is 29.9 Å². The normalized spacial score (nSPS) is 11.1. The zero-order valence-electron chi connectivity index (χ0n) is 15.7. The summed E-state index contributed by atoms with van der Waals surface area (Å²) in [5.74, 6) is -0.709. The van der Waals surface area contributed by atoms with Crippen LogP contribution in [0.5, 0.6) is 0 Å². The summed E-state index contributed by atoms with van der Waals surface area (Å²) in [4.78, 5) is 23.9. The van der Waals surface area contributed by atoms with Crippen molar-refractivity contribution in [3.63, 3.8) is 0 Å². The van der Waals surface area contributed by atoms with Crippen molar-refractivity contribution < 1.29 is 18.7 Å². The Morgan fingerprint density at radius 2 is 2.19 bits per heavy atom. The van der Waals surface area contributed by atoms with Gasteiger partial charge in [0.05, 0.1) is 12.8 Å². The lowest BCUT2D eigenvalue weighted by Crippen LogP contribution is -2.28. The van der Waals surface area contributed by atoms with E-state index in [-0.39, 0.29) is 12.1 Å². The molecule has 0 bridgehead atoms. The quantitative estimate of drug-likeness (QED) is 0.438. The predicted molar refractivity (Wildman–Crippen MR) is 99.3 cm³/mol. The highest BCUT2D eigenvalue weighted by atomic mass is 16.5. The third-order valence-electron chi connectivity index (χ3n) is 4.07. The van der Waals surface area contributed by atoms with Gasteiger partial charge < -0.3 is 19.0 Å². The highest BCUT2D eigenvalue weighted by molar-refractivity contribution is 5.99. The fourth-order valence-electron chi connectivity index (χ4n) is 2.69. The van der Waals surface area contributed by atoms with Gasteiger partial charge in [-0.3, -0.25) is 4.79 Å². The van der Waals surface area contributed by atoms with Gasteiger partial charge in [0.15, 0.2) is 6.61 Å². The van der Waals surface area contributed by atoms with Crippen LogP contribution in [0.15, 0.2) is 34.5 Å². The van der Waals surface area contributed by atoms with Crippen molar-refractivity contribution in [2.24, 2.45) is 0 Å². The summed E-state index contributed by atoms with van der Waals surface area (Å²) in [5.41, 5.74) is 2.68. The van der Waals surface area contributed by atoms with Crippen molar-refractivity contribution in [2.75, 3.05) is 6.61 Å². The molecule has 0 spiro atoms. The summed E-state index contributed by atoms with van der Waals surface area (Å²) in [6.45, 7) is 6.61. The fourth-order valence-corrected chi connectivity index (χ4v) is 2.69. The van der Waals surface area contributed by atoms with Gasteiger partial charge in [-0.1, -0.05) is 6.92 Å². The summed E-state index contributed by atoms with van der Waals surface area (Å²) < 4.78 is 12.2. The summed E-state index contributed by atoms with van der Waals surface area (Å²) in [6, 6.07) is 7.20. The average molecular weight is 369 g/mol. The molecule has 1 N–H and O–H groups in total. The summed E-state index contributed by atoms with van der Waals surface area (Å²) in [7, 11) is 0. The van der Waals surface area contributed by atoms with Crippen molar-refractivity contribution >= 4 is 18.0 Å². The Balaban J connectivity index is 1.97. The molecule has 2 aromatic heterocycles. The Morgan fingerprint density at radius 1 is 1.41 bits per heavy atom. The Hall–Kier alpha value is -3.27. The molecule has 27 heavy (non-hydrogen) atoms. The van der Waals surface area contributed by atoms with E-state index >= 15 is 0 Å². The van der Waals surface area contributed by atoms with Crippen LogP contribution in [-0.4, -0.2) is 23.1 Å². The number of nitrogens with one attached hydrogen (secondary N) is 1. The van der Waals surface area contributed by atoms with Crippen molar-refractivity contribution in [1.82, 2.24) is 9.88 Å². The first-order valence-corrected chi connectivity index (χ1v) is 8.71. The Bertz CT molecular complexity index is 870. The molecule has 0 fully saturated rings. The minimum atomic E-state index is -0.828. The highest BCUT2D eigenvalue weighted by Gasteiger charge is 2.15. The first-order valence-electron chi connectivity index (χ1n) is 8.71. The predicted octanol–water partition coefficient (Wildman–Crippen LogP) is 2.87. The van der Waals surface area contributed by atoms with Crippen LogP contribution < -0.4 is 5.32 Å². The highest BCUT2D eigenvalue weighted by Crippen LogP contribution is 2.19. The van der Waals surface area contributed by atoms with E-state index in [2.05, 4.69) is 16.8 Å². The van der Waals surface area contributed by atoms with E-state index in [4.69, 9.17) is 9.15 Å². The number of hydrogen-bond donors (Lipinski definition) is 1. The van der Waals surface area contributed by atoms with E-state index in [1.54, 1.807) is 12.1 Å². The number of rotatable bonds is 8. The van der Waals surface area contributed by atoms with Crippen LogP contribution in [0.25, 0.3) is 6.08 Å². The third-order valence-corrected chi connectivity index (χ3v) is 4.07. The first kappa shape index (κ1) is 20.0. The molecule has 0 radical (unpaired) electrons. The zero-order chi connectivity index (χ0) is 19.8. The number of amides is 1. The number of aromatic nitrogens is 1. The molecule has 7 nitrogen and oxygen atoms in total. The molecule has 0 saturated carbocycles. The van der Waals surface area contributed by atoms with Gasteiger partial charge in [0, 0.05) is 17.9 Å². The molecule has 0 atom stereocenters. The minimum absolute atomic E-state index is 0.148. The maximum Gasteiger partial charge on any atom is 0.349 e. The van der Waals surface area contributed by atoms with Gasteiger partial charge in [-0.25, -0.2) is 4.79 Å². The molecular formula is C20H23N3O4. The standard InChI is InChI=1S/C20H23N3O4/c1-4-7-23-14(2)9-16(15(23)3)10-17(11-21)20(25)27-13-19(24)22-12-18-6-5-8-26-18/h5-6,8-10H,4,7,12-13H2,1-3H3,(H,22,24)/b17-10+. The molecule has 1 amide bonds. The van der Waals surface area contributed by atoms with E-state index in [1.165, 1.54) is 12.3 Å². The second kappa shape index (κ2) is 9.43. The van der Waals surface area contributed by atoms with Gasteiger partial charge in [-0.15, -0.1) is 0 Å². The molecule has 2 heterocycles. The maximum absolute atomic E-state index is 12.1. The number of hydrogen-bond acceptors (Lipinski definition) is 5. The van der Waals surface area contributed by atoms with Gasteiger partial charge in [0.1, 0.15) is 17.4 Å². The first-order chi connectivity index (χ1) is 13.0. The maximum atomic E-state index is 12.1. The van der Waals surface area contributed by atoms with Crippen LogP contribution >= 0.6 is 0 Å². The van der Waals surface area contributed by atoms with Crippen LogP contribution in [0.1, 0.15) is 36.1 Å². The van der Waals surface area contributed by atoms with E-state index in [1.807, 2.05) is 26.0 Å².